The van der Waals surface area contributed by atoms with E-state index in [9.17, 15) is 0 Å². The number of para-hydroxylation sites is 3. The van der Waals surface area contributed by atoms with Crippen LogP contribution in [-0.2, 0) is 0 Å². The first-order valence-corrected chi connectivity index (χ1v) is 17.4. The van der Waals surface area contributed by atoms with Crippen LogP contribution in [0.2, 0.25) is 0 Å². The maximum Gasteiger partial charge on any atom is 0.136 e. The molecule has 0 fully saturated rings. The molecule has 0 radical (unpaired) electrons. The molecule has 51 heavy (non-hydrogen) atoms. The van der Waals surface area contributed by atoms with Crippen molar-refractivity contribution in [2.75, 3.05) is 0 Å². The Labute approximate surface area is 293 Å². The van der Waals surface area contributed by atoms with Crippen molar-refractivity contribution in [2.45, 2.75) is 0 Å². The van der Waals surface area contributed by atoms with E-state index in [1.807, 2.05) is 6.07 Å². The van der Waals surface area contributed by atoms with E-state index in [1.165, 1.54) is 65.9 Å². The Morgan fingerprint density at radius 2 is 0.824 bits per heavy atom. The molecule has 0 aliphatic rings. The molecule has 238 valence electrons. The van der Waals surface area contributed by atoms with Gasteiger partial charge >= 0.3 is 0 Å². The van der Waals surface area contributed by atoms with Gasteiger partial charge in [0.05, 0.1) is 22.1 Å². The zero-order valence-corrected chi connectivity index (χ0v) is 27.6. The van der Waals surface area contributed by atoms with Gasteiger partial charge < -0.3 is 13.6 Å². The summed E-state index contributed by atoms with van der Waals surface area (Å²) in [4.78, 5) is 0. The summed E-state index contributed by atoms with van der Waals surface area (Å²) in [5, 5.41) is 7.22. The van der Waals surface area contributed by atoms with Gasteiger partial charge in [0.25, 0.3) is 0 Å². The summed E-state index contributed by atoms with van der Waals surface area (Å²) in [5.41, 5.74) is 13.7. The Balaban J connectivity index is 1.13. The average molecular weight is 651 g/mol. The third-order valence-corrected chi connectivity index (χ3v) is 10.5. The number of fused-ring (bicyclic) bond motifs is 10. The van der Waals surface area contributed by atoms with E-state index < -0.39 is 0 Å². The van der Waals surface area contributed by atoms with Crippen molar-refractivity contribution in [2.24, 2.45) is 0 Å². The normalized spacial score (nSPS) is 11.9. The summed E-state index contributed by atoms with van der Waals surface area (Å²) >= 11 is 0. The van der Waals surface area contributed by atoms with Crippen LogP contribution in [0.5, 0.6) is 0 Å². The van der Waals surface area contributed by atoms with Gasteiger partial charge in [0.1, 0.15) is 11.2 Å². The molecule has 0 aliphatic carbocycles. The lowest BCUT2D eigenvalue weighted by molar-refractivity contribution is 0.669. The Bertz CT molecular complexity index is 3110. The fourth-order valence-electron chi connectivity index (χ4n) is 8.22. The van der Waals surface area contributed by atoms with Crippen LogP contribution in [0, 0.1) is 0 Å². The minimum Gasteiger partial charge on any atom is -0.456 e. The molecular weight excluding hydrogens is 621 g/mol. The highest BCUT2D eigenvalue weighted by molar-refractivity contribution is 6.27. The number of benzene rings is 8. The molecule has 0 bridgehead atoms. The molecular formula is C48H30N2O. The zero-order chi connectivity index (χ0) is 33.5. The summed E-state index contributed by atoms with van der Waals surface area (Å²) in [6, 6.07) is 65.4. The third-order valence-electron chi connectivity index (χ3n) is 10.5. The van der Waals surface area contributed by atoms with Crippen LogP contribution < -0.4 is 0 Å². The van der Waals surface area contributed by atoms with Crippen LogP contribution in [0.1, 0.15) is 0 Å². The van der Waals surface area contributed by atoms with Gasteiger partial charge in [-0.3, -0.25) is 0 Å². The molecule has 0 saturated heterocycles. The van der Waals surface area contributed by atoms with Gasteiger partial charge in [0, 0.05) is 43.7 Å². The summed E-state index contributed by atoms with van der Waals surface area (Å²) in [7, 11) is 0. The highest BCUT2D eigenvalue weighted by Crippen LogP contribution is 2.43. The standard InChI is InChI=1S/C48H30N2O/c1-3-11-31(12-4-1)32-19-23-36(24-20-32)49-41-17-9-7-15-37(41)39-29-33(21-25-42(39)49)34-22-26-43-40(30-34)47-44(50(43)35-13-5-2-6-14-35)27-28-46-48(47)38-16-8-10-18-45(38)51-46/h1-30H. The number of hydrogen-bond donors (Lipinski definition) is 0. The van der Waals surface area contributed by atoms with Crippen molar-refractivity contribution in [1.82, 2.24) is 9.13 Å². The van der Waals surface area contributed by atoms with Crippen LogP contribution >= 0.6 is 0 Å². The maximum absolute atomic E-state index is 6.38. The third kappa shape index (κ3) is 4.19. The van der Waals surface area contributed by atoms with E-state index >= 15 is 0 Å². The highest BCUT2D eigenvalue weighted by Gasteiger charge is 2.20. The van der Waals surface area contributed by atoms with Crippen LogP contribution in [0.4, 0.5) is 0 Å². The van der Waals surface area contributed by atoms with Crippen molar-refractivity contribution < 1.29 is 4.42 Å². The van der Waals surface area contributed by atoms with E-state index in [2.05, 4.69) is 185 Å². The van der Waals surface area contributed by atoms with Gasteiger partial charge in [0.15, 0.2) is 0 Å². The molecule has 11 aromatic rings. The predicted octanol–water partition coefficient (Wildman–Crippen LogP) is 13.1. The number of nitrogens with zero attached hydrogens (tertiary/aromatic N) is 2. The zero-order valence-electron chi connectivity index (χ0n) is 27.6. The molecule has 8 aromatic carbocycles. The van der Waals surface area contributed by atoms with Crippen LogP contribution in [0.3, 0.4) is 0 Å². The van der Waals surface area contributed by atoms with Gasteiger partial charge in [-0.25, -0.2) is 0 Å². The lowest BCUT2D eigenvalue weighted by Crippen LogP contribution is -1.94. The second-order valence-electron chi connectivity index (χ2n) is 13.3. The monoisotopic (exact) mass is 650 g/mol. The number of hydrogen-bond acceptors (Lipinski definition) is 1. The summed E-state index contributed by atoms with van der Waals surface area (Å²) < 4.78 is 11.2. The van der Waals surface area contributed by atoms with Gasteiger partial charge in [-0.1, -0.05) is 109 Å². The van der Waals surface area contributed by atoms with Crippen molar-refractivity contribution in [3.05, 3.63) is 182 Å². The molecule has 0 N–H and O–H groups in total. The second-order valence-corrected chi connectivity index (χ2v) is 13.3. The first-order chi connectivity index (χ1) is 25.3. The fraction of sp³-hybridized carbons (Fsp3) is 0. The molecule has 0 amide bonds. The van der Waals surface area contributed by atoms with Gasteiger partial charge in [-0.2, -0.15) is 0 Å². The summed E-state index contributed by atoms with van der Waals surface area (Å²) in [6.07, 6.45) is 0. The fourth-order valence-corrected chi connectivity index (χ4v) is 8.22. The molecule has 3 heterocycles. The minimum absolute atomic E-state index is 0.909. The Morgan fingerprint density at radius 1 is 0.294 bits per heavy atom. The Hall–Kier alpha value is -6.84. The van der Waals surface area contributed by atoms with Crippen LogP contribution in [0.15, 0.2) is 186 Å². The van der Waals surface area contributed by atoms with Gasteiger partial charge in [-0.05, 0) is 95.1 Å². The molecule has 0 atom stereocenters. The molecule has 0 saturated carbocycles. The summed E-state index contributed by atoms with van der Waals surface area (Å²) in [5.74, 6) is 0. The SMILES string of the molecule is c1ccc(-c2ccc(-n3c4ccccc4c4cc(-c5ccc6c(c5)c5c7c(ccc5n6-c5ccccc5)oc5ccccc57)ccc43)cc2)cc1. The number of furan rings is 1. The van der Waals surface area contributed by atoms with Gasteiger partial charge in [-0.15, -0.1) is 0 Å². The average Bonchev–Trinajstić information content (AvgIpc) is 3.85. The van der Waals surface area contributed by atoms with E-state index in [4.69, 9.17) is 4.42 Å². The van der Waals surface area contributed by atoms with Crippen molar-refractivity contribution in [1.29, 1.82) is 0 Å². The molecule has 0 unspecified atom stereocenters. The lowest BCUT2D eigenvalue weighted by atomic mass is 9.99. The van der Waals surface area contributed by atoms with Crippen LogP contribution in [-0.4, -0.2) is 9.13 Å². The quantitative estimate of drug-likeness (QED) is 0.186. The molecule has 3 heteroatoms. The smallest absolute Gasteiger partial charge is 0.136 e. The van der Waals surface area contributed by atoms with Crippen molar-refractivity contribution in [3.63, 3.8) is 0 Å². The second kappa shape index (κ2) is 10.8. The molecule has 0 aliphatic heterocycles. The first-order valence-electron chi connectivity index (χ1n) is 17.4. The minimum atomic E-state index is 0.909. The van der Waals surface area contributed by atoms with E-state index in [0.29, 0.717) is 0 Å². The Morgan fingerprint density at radius 3 is 1.61 bits per heavy atom. The van der Waals surface area contributed by atoms with E-state index in [1.54, 1.807) is 0 Å². The molecule has 3 nitrogen and oxygen atoms in total. The van der Waals surface area contributed by atoms with Gasteiger partial charge in [0.2, 0.25) is 0 Å². The van der Waals surface area contributed by atoms with Crippen LogP contribution in [0.25, 0.3) is 99.2 Å². The number of rotatable bonds is 4. The predicted molar refractivity (Wildman–Crippen MR) is 213 cm³/mol. The largest absolute Gasteiger partial charge is 0.456 e. The molecule has 3 aromatic heterocycles. The van der Waals surface area contributed by atoms with Crippen molar-refractivity contribution in [3.8, 4) is 33.6 Å². The number of aromatic nitrogens is 2. The highest BCUT2D eigenvalue weighted by atomic mass is 16.3. The summed E-state index contributed by atoms with van der Waals surface area (Å²) in [6.45, 7) is 0. The Kier molecular flexibility index (Phi) is 5.96. The first kappa shape index (κ1) is 28.0. The lowest BCUT2D eigenvalue weighted by Gasteiger charge is -2.10. The maximum atomic E-state index is 6.38. The topological polar surface area (TPSA) is 23.0 Å². The van der Waals surface area contributed by atoms with E-state index in [-0.39, 0.29) is 0 Å². The van der Waals surface area contributed by atoms with E-state index in [0.717, 1.165) is 33.3 Å². The van der Waals surface area contributed by atoms with Crippen molar-refractivity contribution >= 4 is 65.6 Å². The molecule has 11 rings (SSSR count). The molecule has 0 spiro atoms.